The van der Waals surface area contributed by atoms with Crippen LogP contribution in [0.2, 0.25) is 0 Å². The van der Waals surface area contributed by atoms with Crippen LogP contribution in [0, 0.1) is 0 Å². The van der Waals surface area contributed by atoms with Gasteiger partial charge in [-0.05, 0) is 18.6 Å². The number of rotatable bonds is 5. The summed E-state index contributed by atoms with van der Waals surface area (Å²) < 4.78 is 10.6. The number of hydrogen-bond acceptors (Lipinski definition) is 4. The van der Waals surface area contributed by atoms with Crippen molar-refractivity contribution in [3.8, 4) is 11.5 Å². The van der Waals surface area contributed by atoms with E-state index in [-0.39, 0.29) is 12.4 Å². The van der Waals surface area contributed by atoms with Crippen molar-refractivity contribution in [3.05, 3.63) is 23.8 Å². The minimum atomic E-state index is -0.991. The molecular formula is C13H14O5. The van der Waals surface area contributed by atoms with Gasteiger partial charge in [-0.3, -0.25) is 4.79 Å². The van der Waals surface area contributed by atoms with Crippen molar-refractivity contribution < 1.29 is 24.2 Å². The van der Waals surface area contributed by atoms with Gasteiger partial charge < -0.3 is 14.6 Å². The van der Waals surface area contributed by atoms with Gasteiger partial charge in [0.25, 0.3) is 0 Å². The summed E-state index contributed by atoms with van der Waals surface area (Å²) >= 11 is 0. The largest absolute Gasteiger partial charge is 0.485 e. The Morgan fingerprint density at radius 1 is 1.56 bits per heavy atom. The van der Waals surface area contributed by atoms with Gasteiger partial charge >= 0.3 is 5.97 Å². The molecule has 18 heavy (non-hydrogen) atoms. The molecule has 1 aromatic rings. The second kappa shape index (κ2) is 5.08. The Bertz CT molecular complexity index is 480. The summed E-state index contributed by atoms with van der Waals surface area (Å²) in [5.41, 5.74) is 0.518. The molecule has 1 aliphatic heterocycles. The lowest BCUT2D eigenvalue weighted by molar-refractivity contribution is -0.145. The average molecular weight is 250 g/mol. The van der Waals surface area contributed by atoms with Gasteiger partial charge in [0.05, 0.1) is 5.56 Å². The maximum absolute atomic E-state index is 11.3. The summed E-state index contributed by atoms with van der Waals surface area (Å²) in [6.45, 7) is 1.93. The van der Waals surface area contributed by atoms with E-state index in [4.69, 9.17) is 14.6 Å². The van der Waals surface area contributed by atoms with Gasteiger partial charge in [-0.1, -0.05) is 13.3 Å². The van der Waals surface area contributed by atoms with Crippen LogP contribution in [0.1, 0.15) is 30.1 Å². The minimum Gasteiger partial charge on any atom is -0.485 e. The predicted octanol–water partition coefficient (Wildman–Crippen LogP) is 1.89. The van der Waals surface area contributed by atoms with E-state index in [1.807, 2.05) is 6.92 Å². The number of aliphatic carboxylic acids is 1. The lowest BCUT2D eigenvalue weighted by atomic mass is 10.1. The first-order valence-electron chi connectivity index (χ1n) is 5.81. The van der Waals surface area contributed by atoms with Crippen molar-refractivity contribution in [2.45, 2.75) is 25.9 Å². The van der Waals surface area contributed by atoms with Crippen LogP contribution in [0.5, 0.6) is 11.5 Å². The molecule has 96 valence electrons. The Labute approximate surface area is 104 Å². The Morgan fingerprint density at radius 2 is 2.33 bits per heavy atom. The number of carbonyl (C=O) groups excluding carboxylic acids is 1. The van der Waals surface area contributed by atoms with Gasteiger partial charge in [-0.2, -0.15) is 0 Å². The predicted molar refractivity (Wildman–Crippen MR) is 63.2 cm³/mol. The SMILES string of the molecule is CCCC(Oc1ccc2c(c1)OCC2=O)C(=O)O. The minimum absolute atomic E-state index is 0.0378. The van der Waals surface area contributed by atoms with Crippen molar-refractivity contribution in [3.63, 3.8) is 0 Å². The Morgan fingerprint density at radius 3 is 3.00 bits per heavy atom. The average Bonchev–Trinajstić information content (AvgIpc) is 2.70. The van der Waals surface area contributed by atoms with Crippen molar-refractivity contribution in [2.75, 3.05) is 6.61 Å². The van der Waals surface area contributed by atoms with E-state index in [0.717, 1.165) is 6.42 Å². The Kier molecular flexibility index (Phi) is 3.50. The fourth-order valence-corrected chi connectivity index (χ4v) is 1.81. The maximum atomic E-state index is 11.3. The molecular weight excluding hydrogens is 236 g/mol. The lowest BCUT2D eigenvalue weighted by Gasteiger charge is -2.14. The number of ether oxygens (including phenoxy) is 2. The van der Waals surface area contributed by atoms with Crippen LogP contribution in [0.15, 0.2) is 18.2 Å². The van der Waals surface area contributed by atoms with Crippen LogP contribution >= 0.6 is 0 Å². The molecule has 1 aromatic carbocycles. The van der Waals surface area contributed by atoms with E-state index < -0.39 is 12.1 Å². The van der Waals surface area contributed by atoms with Crippen molar-refractivity contribution in [1.82, 2.24) is 0 Å². The van der Waals surface area contributed by atoms with E-state index in [1.54, 1.807) is 18.2 Å². The number of carboxylic acids is 1. The maximum Gasteiger partial charge on any atom is 0.344 e. The zero-order valence-electron chi connectivity index (χ0n) is 10.0. The Balaban J connectivity index is 2.15. The number of carboxylic acid groups (broad SMARTS) is 1. The van der Waals surface area contributed by atoms with Crippen molar-refractivity contribution >= 4 is 11.8 Å². The second-order valence-electron chi connectivity index (χ2n) is 4.10. The summed E-state index contributed by atoms with van der Waals surface area (Å²) in [4.78, 5) is 22.3. The smallest absolute Gasteiger partial charge is 0.344 e. The van der Waals surface area contributed by atoms with Crippen LogP contribution in [0.3, 0.4) is 0 Å². The fraction of sp³-hybridized carbons (Fsp3) is 0.385. The molecule has 0 saturated heterocycles. The molecule has 0 bridgehead atoms. The third-order valence-electron chi connectivity index (χ3n) is 2.72. The third kappa shape index (κ3) is 2.45. The fourth-order valence-electron chi connectivity index (χ4n) is 1.81. The van der Waals surface area contributed by atoms with Crippen LogP contribution in [0.25, 0.3) is 0 Å². The van der Waals surface area contributed by atoms with Crippen LogP contribution in [0.4, 0.5) is 0 Å². The van der Waals surface area contributed by atoms with E-state index in [0.29, 0.717) is 23.5 Å². The molecule has 1 unspecified atom stereocenters. The number of ketones is 1. The zero-order chi connectivity index (χ0) is 13.1. The molecule has 1 aliphatic rings. The first-order chi connectivity index (χ1) is 8.61. The highest BCUT2D eigenvalue weighted by Crippen LogP contribution is 2.30. The number of Topliss-reactive ketones (excluding diaryl/α,β-unsaturated/α-hetero) is 1. The van der Waals surface area contributed by atoms with E-state index in [1.165, 1.54) is 0 Å². The lowest BCUT2D eigenvalue weighted by Crippen LogP contribution is -2.26. The molecule has 1 N–H and O–H groups in total. The molecule has 1 atom stereocenters. The van der Waals surface area contributed by atoms with Gasteiger partial charge in [0, 0.05) is 6.07 Å². The van der Waals surface area contributed by atoms with E-state index >= 15 is 0 Å². The quantitative estimate of drug-likeness (QED) is 0.863. The first kappa shape index (κ1) is 12.4. The molecule has 2 rings (SSSR count). The molecule has 0 saturated carbocycles. The summed E-state index contributed by atoms with van der Waals surface area (Å²) in [6.07, 6.45) is 0.286. The summed E-state index contributed by atoms with van der Waals surface area (Å²) in [7, 11) is 0. The number of benzene rings is 1. The zero-order valence-corrected chi connectivity index (χ0v) is 10.0. The number of carbonyl (C=O) groups is 2. The standard InChI is InChI=1S/C13H14O5/c1-2-3-11(13(15)16)18-8-4-5-9-10(14)7-17-12(9)6-8/h4-6,11H,2-3,7H2,1H3,(H,15,16). The third-order valence-corrected chi connectivity index (χ3v) is 2.72. The molecule has 0 radical (unpaired) electrons. The van der Waals surface area contributed by atoms with Crippen molar-refractivity contribution in [1.29, 1.82) is 0 Å². The number of fused-ring (bicyclic) bond motifs is 1. The van der Waals surface area contributed by atoms with Gasteiger partial charge in [-0.25, -0.2) is 4.79 Å². The van der Waals surface area contributed by atoms with Crippen LogP contribution in [-0.2, 0) is 4.79 Å². The topological polar surface area (TPSA) is 72.8 Å². The highest BCUT2D eigenvalue weighted by molar-refractivity contribution is 6.02. The molecule has 1 heterocycles. The molecule has 0 spiro atoms. The highest BCUT2D eigenvalue weighted by atomic mass is 16.5. The summed E-state index contributed by atoms with van der Waals surface area (Å²) in [5, 5.41) is 8.99. The van der Waals surface area contributed by atoms with E-state index in [9.17, 15) is 9.59 Å². The van der Waals surface area contributed by atoms with Crippen LogP contribution in [-0.4, -0.2) is 29.6 Å². The molecule has 0 amide bonds. The molecule has 0 aliphatic carbocycles. The van der Waals surface area contributed by atoms with Gasteiger partial charge in [0.15, 0.2) is 12.7 Å². The summed E-state index contributed by atoms with van der Waals surface area (Å²) in [6, 6.07) is 4.76. The molecule has 5 heteroatoms. The monoisotopic (exact) mass is 250 g/mol. The van der Waals surface area contributed by atoms with Crippen LogP contribution < -0.4 is 9.47 Å². The first-order valence-corrected chi connectivity index (χ1v) is 5.81. The van der Waals surface area contributed by atoms with Gasteiger partial charge in [-0.15, -0.1) is 0 Å². The van der Waals surface area contributed by atoms with Crippen molar-refractivity contribution in [2.24, 2.45) is 0 Å². The number of hydrogen-bond donors (Lipinski definition) is 1. The second-order valence-corrected chi connectivity index (χ2v) is 4.10. The highest BCUT2D eigenvalue weighted by Gasteiger charge is 2.23. The molecule has 0 aromatic heterocycles. The van der Waals surface area contributed by atoms with E-state index in [2.05, 4.69) is 0 Å². The normalized spacial score (nSPS) is 14.8. The Hall–Kier alpha value is -2.04. The molecule has 0 fully saturated rings. The molecule has 5 nitrogen and oxygen atoms in total. The van der Waals surface area contributed by atoms with Gasteiger partial charge in [0.2, 0.25) is 5.78 Å². The van der Waals surface area contributed by atoms with Gasteiger partial charge in [0.1, 0.15) is 11.5 Å². The summed E-state index contributed by atoms with van der Waals surface area (Å²) in [5.74, 6) is -0.198.